The molecule has 66 valence electrons. The predicted molar refractivity (Wildman–Crippen MR) is 59.1 cm³/mol. The third kappa shape index (κ3) is 1.72. The van der Waals surface area contributed by atoms with Crippen molar-refractivity contribution in [3.05, 3.63) is 41.4 Å². The van der Waals surface area contributed by atoms with Crippen molar-refractivity contribution in [3.63, 3.8) is 0 Å². The van der Waals surface area contributed by atoms with Gasteiger partial charge in [-0.15, -0.1) is 0 Å². The molecule has 3 heteroatoms. The van der Waals surface area contributed by atoms with Crippen LogP contribution in [0, 0.1) is 0 Å². The van der Waals surface area contributed by atoms with Crippen molar-refractivity contribution in [1.29, 1.82) is 0 Å². The molecule has 1 atom stereocenters. The minimum atomic E-state index is 0.475. The third-order valence-corrected chi connectivity index (χ3v) is 3.72. The van der Waals surface area contributed by atoms with Crippen LogP contribution in [-0.2, 0) is 0 Å². The minimum absolute atomic E-state index is 0.475. The molecule has 1 aromatic rings. The van der Waals surface area contributed by atoms with Crippen molar-refractivity contribution < 1.29 is 4.74 Å². The molecule has 1 aliphatic rings. The van der Waals surface area contributed by atoms with Crippen LogP contribution in [0.4, 0.5) is 0 Å². The molecule has 0 saturated heterocycles. The van der Waals surface area contributed by atoms with Gasteiger partial charge in [0, 0.05) is 0 Å². The van der Waals surface area contributed by atoms with E-state index in [1.54, 1.807) is 5.98 Å². The van der Waals surface area contributed by atoms with E-state index < -0.39 is 0 Å². The van der Waals surface area contributed by atoms with E-state index in [0.717, 1.165) is 10.2 Å². The fourth-order valence-electron chi connectivity index (χ4n) is 1.77. The molecule has 14 heavy (non-hydrogen) atoms. The molecule has 1 aromatic carbocycles. The first-order valence-corrected chi connectivity index (χ1v) is 6.65. The van der Waals surface area contributed by atoms with Gasteiger partial charge < -0.3 is 0 Å². The summed E-state index contributed by atoms with van der Waals surface area (Å²) in [5.74, 6) is 3.19. The first-order valence-electron chi connectivity index (χ1n) is 4.63. The van der Waals surface area contributed by atoms with Gasteiger partial charge >= 0.3 is 99.2 Å². The molecule has 0 spiro atoms. The van der Waals surface area contributed by atoms with E-state index >= 15 is 0 Å². The van der Waals surface area contributed by atoms with Gasteiger partial charge in [-0.05, 0) is 0 Å². The molecule has 0 N–H and O–H groups in total. The van der Waals surface area contributed by atoms with Crippen LogP contribution in [0.25, 0.3) is 0 Å². The summed E-state index contributed by atoms with van der Waals surface area (Å²) in [5.41, 5.74) is 2.49. The Hall–Kier alpha value is -0.376. The van der Waals surface area contributed by atoms with E-state index in [1.165, 1.54) is 33.7 Å². The van der Waals surface area contributed by atoms with Crippen molar-refractivity contribution >= 4 is 30.4 Å². The molecule has 4 radical (unpaired) electrons. The summed E-state index contributed by atoms with van der Waals surface area (Å²) in [7, 11) is 5.59. The van der Waals surface area contributed by atoms with E-state index in [-0.39, 0.29) is 0 Å². The van der Waals surface area contributed by atoms with Crippen LogP contribution in [0.5, 0.6) is 5.75 Å². The fraction of sp³-hybridized carbons (Fsp3) is 0.273. The molecule has 0 saturated carbocycles. The number of fused-ring (bicyclic) bond motifs is 1. The van der Waals surface area contributed by atoms with Crippen LogP contribution in [0.3, 0.4) is 0 Å². The van der Waals surface area contributed by atoms with Crippen molar-refractivity contribution in [2.24, 2.45) is 0 Å². The number of benzene rings is 1. The van der Waals surface area contributed by atoms with E-state index in [0.29, 0.717) is 12.5 Å². The Balaban J connectivity index is 2.44. The van der Waals surface area contributed by atoms with Gasteiger partial charge in [-0.1, -0.05) is 0 Å². The van der Waals surface area contributed by atoms with E-state index in [4.69, 9.17) is 12.6 Å². The monoisotopic (exact) mass is 289 g/mol. The zero-order valence-corrected chi connectivity index (χ0v) is 10.7. The summed E-state index contributed by atoms with van der Waals surface area (Å²) in [6.07, 6.45) is 0. The summed E-state index contributed by atoms with van der Waals surface area (Å²) in [6, 6.07) is 8.23. The zero-order valence-electron chi connectivity index (χ0n) is 7.86. The Bertz CT molecular complexity index is 362. The van der Waals surface area contributed by atoms with Crippen molar-refractivity contribution in [2.75, 3.05) is 6.61 Å². The molecular weight excluding hydrogens is 278 g/mol. The molecule has 0 bridgehead atoms. The van der Waals surface area contributed by atoms with E-state index in [9.17, 15) is 0 Å². The van der Waals surface area contributed by atoms with Crippen molar-refractivity contribution in [3.8, 4) is 5.75 Å². The van der Waals surface area contributed by atoms with Crippen LogP contribution in [0.1, 0.15) is 11.5 Å². The zero-order chi connectivity index (χ0) is 9.97. The molecular formula is C11H10BOSn+. The van der Waals surface area contributed by atoms with Gasteiger partial charge in [-0.2, -0.15) is 0 Å². The quantitative estimate of drug-likeness (QED) is 0.716. The molecule has 1 unspecified atom stereocenters. The van der Waals surface area contributed by atoms with Crippen LogP contribution >= 0.6 is 0 Å². The number of rotatable bonds is 1. The number of para-hydroxylation sites is 1. The standard InChI is InChI=1S/C11H10BO.Sn/c1-8-9(6-12)7-13-11-5-3-2-4-10(8)11;/h2-6,8H,1,7H2;/q;+1/b9-6-;. The van der Waals surface area contributed by atoms with Gasteiger partial charge in [0.15, 0.2) is 0 Å². The summed E-state index contributed by atoms with van der Waals surface area (Å²) in [5, 5.41) is 0. The molecule has 2 rings (SSSR count). The fourth-order valence-corrected chi connectivity index (χ4v) is 3.14. The van der Waals surface area contributed by atoms with Gasteiger partial charge in [0.2, 0.25) is 0 Å². The van der Waals surface area contributed by atoms with E-state index in [2.05, 4.69) is 12.1 Å². The van der Waals surface area contributed by atoms with Gasteiger partial charge in [0.25, 0.3) is 0 Å². The first kappa shape index (κ1) is 10.2. The molecule has 0 aliphatic carbocycles. The Morgan fingerprint density at radius 1 is 1.50 bits per heavy atom. The maximum atomic E-state index is 5.62. The first-order chi connectivity index (χ1) is 6.86. The second kappa shape index (κ2) is 4.43. The predicted octanol–water partition coefficient (Wildman–Crippen LogP) is 1.80. The topological polar surface area (TPSA) is 9.23 Å². The number of ether oxygens (including phenoxy) is 1. The summed E-state index contributed by atoms with van der Waals surface area (Å²) in [6.45, 7) is 0.645. The van der Waals surface area contributed by atoms with Gasteiger partial charge in [0.05, 0.1) is 0 Å². The molecule has 0 aromatic heterocycles. The Labute approximate surface area is 99.0 Å². The number of hydrogen-bond donors (Lipinski definition) is 0. The van der Waals surface area contributed by atoms with Crippen molar-refractivity contribution in [2.45, 2.75) is 10.4 Å². The summed E-state index contributed by atoms with van der Waals surface area (Å²) < 4.78 is 6.78. The Kier molecular flexibility index (Phi) is 3.21. The Morgan fingerprint density at radius 3 is 3.00 bits per heavy atom. The van der Waals surface area contributed by atoms with Crippen molar-refractivity contribution in [1.82, 2.24) is 0 Å². The second-order valence-electron chi connectivity index (χ2n) is 3.32. The maximum absolute atomic E-state index is 5.62. The Morgan fingerprint density at radius 2 is 2.29 bits per heavy atom. The molecule has 1 aliphatic heterocycles. The molecule has 0 amide bonds. The van der Waals surface area contributed by atoms with Crippen LogP contribution in [-0.4, -0.2) is 37.0 Å². The molecule has 1 heterocycles. The average molecular weight is 288 g/mol. The average Bonchev–Trinajstić information content (AvgIpc) is 2.27. The van der Waals surface area contributed by atoms with Crippen LogP contribution in [0.15, 0.2) is 35.8 Å². The van der Waals surface area contributed by atoms with Crippen LogP contribution < -0.4 is 4.74 Å². The summed E-state index contributed by atoms with van der Waals surface area (Å²) in [4.78, 5) is 0. The molecule has 0 fully saturated rings. The normalized spacial score (nSPS) is 22.9. The van der Waals surface area contributed by atoms with E-state index in [1.807, 2.05) is 12.1 Å². The second-order valence-corrected chi connectivity index (χ2v) is 4.49. The molecule has 1 nitrogen and oxygen atoms in total. The van der Waals surface area contributed by atoms with Gasteiger partial charge in [-0.3, -0.25) is 0 Å². The SMILES string of the molecule is [B]/C=C1/COc2ccccc2C1[CH2][Sn+]. The number of hydrogen-bond acceptors (Lipinski definition) is 1. The van der Waals surface area contributed by atoms with Gasteiger partial charge in [-0.25, -0.2) is 0 Å². The van der Waals surface area contributed by atoms with Crippen LogP contribution in [0.2, 0.25) is 4.44 Å². The summed E-state index contributed by atoms with van der Waals surface area (Å²) >= 11 is 1.54. The third-order valence-electron chi connectivity index (χ3n) is 2.55. The van der Waals surface area contributed by atoms with Gasteiger partial charge in [0.1, 0.15) is 0 Å².